The molecule has 3 rings (SSSR count). The number of hydrogen-bond donors (Lipinski definition) is 1. The zero-order valence-corrected chi connectivity index (χ0v) is 12.7. The van der Waals surface area contributed by atoms with Crippen molar-refractivity contribution >= 4 is 0 Å². The van der Waals surface area contributed by atoms with Gasteiger partial charge in [-0.25, -0.2) is 0 Å². The van der Waals surface area contributed by atoms with Crippen LogP contribution in [0.1, 0.15) is 11.5 Å². The van der Waals surface area contributed by atoms with Gasteiger partial charge in [0.25, 0.3) is 0 Å². The molecule has 0 unspecified atom stereocenters. The summed E-state index contributed by atoms with van der Waals surface area (Å²) in [7, 11) is 0. The predicted octanol–water partition coefficient (Wildman–Crippen LogP) is 3.90. The minimum absolute atomic E-state index is 0.172. The van der Waals surface area contributed by atoms with Crippen LogP contribution in [0.4, 0.5) is 0 Å². The Bertz CT molecular complexity index is 849. The van der Waals surface area contributed by atoms with Crippen molar-refractivity contribution in [2.75, 3.05) is 0 Å². The molecule has 1 aromatic heterocycles. The third kappa shape index (κ3) is 3.33. The minimum Gasteiger partial charge on any atom is -0.463 e. The van der Waals surface area contributed by atoms with E-state index in [0.717, 1.165) is 11.3 Å². The second-order valence-electron chi connectivity index (χ2n) is 5.11. The SMILES string of the molecule is Cc1oc(CO)cc(=O)c1-c1ccc(Oc2ccccc2)cc1. The van der Waals surface area contributed by atoms with Crippen LogP contribution in [0.3, 0.4) is 0 Å². The monoisotopic (exact) mass is 308 g/mol. The maximum Gasteiger partial charge on any atom is 0.193 e. The van der Waals surface area contributed by atoms with Gasteiger partial charge in [0.1, 0.15) is 29.6 Å². The second kappa shape index (κ2) is 6.50. The van der Waals surface area contributed by atoms with Crippen LogP contribution >= 0.6 is 0 Å². The number of aryl methyl sites for hydroxylation is 1. The highest BCUT2D eigenvalue weighted by Gasteiger charge is 2.11. The first-order chi connectivity index (χ1) is 11.2. The van der Waals surface area contributed by atoms with E-state index in [0.29, 0.717) is 17.1 Å². The summed E-state index contributed by atoms with van der Waals surface area (Å²) < 4.78 is 11.2. The molecule has 116 valence electrons. The fourth-order valence-electron chi connectivity index (χ4n) is 2.41. The summed E-state index contributed by atoms with van der Waals surface area (Å²) in [5, 5.41) is 9.08. The van der Waals surface area contributed by atoms with Gasteiger partial charge >= 0.3 is 0 Å². The Balaban J connectivity index is 1.90. The molecule has 1 N–H and O–H groups in total. The number of hydrogen-bond acceptors (Lipinski definition) is 4. The number of ether oxygens (including phenoxy) is 1. The average Bonchev–Trinajstić information content (AvgIpc) is 2.56. The maximum absolute atomic E-state index is 12.2. The zero-order chi connectivity index (χ0) is 16.2. The van der Waals surface area contributed by atoms with Gasteiger partial charge in [-0.05, 0) is 36.8 Å². The van der Waals surface area contributed by atoms with E-state index in [-0.39, 0.29) is 17.8 Å². The van der Waals surface area contributed by atoms with Gasteiger partial charge in [0.05, 0.1) is 5.56 Å². The van der Waals surface area contributed by atoms with Crippen LogP contribution < -0.4 is 10.2 Å². The molecule has 0 spiro atoms. The Labute approximate surface area is 133 Å². The van der Waals surface area contributed by atoms with Crippen LogP contribution in [0.2, 0.25) is 0 Å². The van der Waals surface area contributed by atoms with E-state index in [2.05, 4.69) is 0 Å². The van der Waals surface area contributed by atoms with Gasteiger partial charge in [0.2, 0.25) is 0 Å². The van der Waals surface area contributed by atoms with Crippen LogP contribution in [-0.2, 0) is 6.61 Å². The summed E-state index contributed by atoms with van der Waals surface area (Å²) in [6.45, 7) is 1.42. The number of benzene rings is 2. The summed E-state index contributed by atoms with van der Waals surface area (Å²) in [6.07, 6.45) is 0. The Morgan fingerprint density at radius 3 is 2.26 bits per heavy atom. The Morgan fingerprint density at radius 1 is 1.00 bits per heavy atom. The van der Waals surface area contributed by atoms with Crippen molar-refractivity contribution in [1.29, 1.82) is 0 Å². The second-order valence-corrected chi connectivity index (χ2v) is 5.11. The maximum atomic E-state index is 12.2. The van der Waals surface area contributed by atoms with Crippen LogP contribution in [0.25, 0.3) is 11.1 Å². The van der Waals surface area contributed by atoms with E-state index in [4.69, 9.17) is 14.3 Å². The molecule has 0 aliphatic carbocycles. The molecule has 0 saturated heterocycles. The molecule has 4 nitrogen and oxygen atoms in total. The van der Waals surface area contributed by atoms with Gasteiger partial charge in [-0.2, -0.15) is 0 Å². The van der Waals surface area contributed by atoms with Gasteiger partial charge in [-0.15, -0.1) is 0 Å². The topological polar surface area (TPSA) is 59.7 Å². The molecule has 0 bridgehead atoms. The first-order valence-electron chi connectivity index (χ1n) is 7.25. The standard InChI is InChI=1S/C19H16O4/c1-13-19(18(21)11-17(12-20)22-13)14-7-9-16(10-8-14)23-15-5-3-2-4-6-15/h2-11,20H,12H2,1H3. The van der Waals surface area contributed by atoms with E-state index in [1.54, 1.807) is 19.1 Å². The minimum atomic E-state index is -0.291. The lowest BCUT2D eigenvalue weighted by molar-refractivity contribution is 0.241. The van der Waals surface area contributed by atoms with Crippen LogP contribution in [0.15, 0.2) is 69.9 Å². The third-order valence-electron chi connectivity index (χ3n) is 3.45. The van der Waals surface area contributed by atoms with Crippen LogP contribution in [0.5, 0.6) is 11.5 Å². The van der Waals surface area contributed by atoms with Crippen LogP contribution in [-0.4, -0.2) is 5.11 Å². The lowest BCUT2D eigenvalue weighted by Crippen LogP contribution is -2.07. The smallest absolute Gasteiger partial charge is 0.193 e. The predicted molar refractivity (Wildman–Crippen MR) is 87.6 cm³/mol. The van der Waals surface area contributed by atoms with E-state index < -0.39 is 0 Å². The lowest BCUT2D eigenvalue weighted by Gasteiger charge is -2.08. The molecule has 0 aliphatic rings. The highest BCUT2D eigenvalue weighted by Crippen LogP contribution is 2.26. The summed E-state index contributed by atoms with van der Waals surface area (Å²) in [6, 6.07) is 18.0. The molecule has 0 saturated carbocycles. The highest BCUT2D eigenvalue weighted by molar-refractivity contribution is 5.65. The van der Waals surface area contributed by atoms with E-state index in [1.807, 2.05) is 42.5 Å². The molecule has 23 heavy (non-hydrogen) atoms. The molecule has 3 aromatic rings. The Hall–Kier alpha value is -2.85. The molecule has 1 heterocycles. The average molecular weight is 308 g/mol. The number of aliphatic hydroxyl groups is 1. The summed E-state index contributed by atoms with van der Waals surface area (Å²) in [5.41, 5.74) is 1.07. The van der Waals surface area contributed by atoms with Gasteiger partial charge in [0, 0.05) is 6.07 Å². The molecule has 0 amide bonds. The van der Waals surface area contributed by atoms with Gasteiger partial charge in [0.15, 0.2) is 5.43 Å². The van der Waals surface area contributed by atoms with Gasteiger partial charge in [-0.1, -0.05) is 30.3 Å². The van der Waals surface area contributed by atoms with Crippen molar-refractivity contribution in [3.63, 3.8) is 0 Å². The summed E-state index contributed by atoms with van der Waals surface area (Å²) >= 11 is 0. The normalized spacial score (nSPS) is 10.5. The first kappa shape index (κ1) is 15.1. The zero-order valence-electron chi connectivity index (χ0n) is 12.7. The highest BCUT2D eigenvalue weighted by atomic mass is 16.5. The fourth-order valence-corrected chi connectivity index (χ4v) is 2.41. The van der Waals surface area contributed by atoms with Gasteiger partial charge in [-0.3, -0.25) is 4.79 Å². The van der Waals surface area contributed by atoms with Crippen molar-refractivity contribution < 1.29 is 14.3 Å². The van der Waals surface area contributed by atoms with E-state index in [1.165, 1.54) is 6.07 Å². The quantitative estimate of drug-likeness (QED) is 0.794. The van der Waals surface area contributed by atoms with Gasteiger partial charge < -0.3 is 14.3 Å². The molecule has 2 aromatic carbocycles. The Kier molecular flexibility index (Phi) is 4.26. The number of rotatable bonds is 4. The van der Waals surface area contributed by atoms with Crippen molar-refractivity contribution in [2.45, 2.75) is 13.5 Å². The number of para-hydroxylation sites is 1. The largest absolute Gasteiger partial charge is 0.463 e. The van der Waals surface area contributed by atoms with Crippen molar-refractivity contribution in [3.05, 3.63) is 82.4 Å². The summed E-state index contributed by atoms with van der Waals surface area (Å²) in [4.78, 5) is 12.2. The fraction of sp³-hybridized carbons (Fsp3) is 0.105. The van der Waals surface area contributed by atoms with E-state index >= 15 is 0 Å². The molecule has 0 atom stereocenters. The van der Waals surface area contributed by atoms with E-state index in [9.17, 15) is 4.79 Å². The van der Waals surface area contributed by atoms with Crippen molar-refractivity contribution in [3.8, 4) is 22.6 Å². The number of aliphatic hydroxyl groups excluding tert-OH is 1. The first-order valence-corrected chi connectivity index (χ1v) is 7.25. The molecule has 0 aliphatic heterocycles. The molecular weight excluding hydrogens is 292 g/mol. The van der Waals surface area contributed by atoms with Crippen molar-refractivity contribution in [2.24, 2.45) is 0 Å². The molecular formula is C19H16O4. The third-order valence-corrected chi connectivity index (χ3v) is 3.45. The molecule has 0 radical (unpaired) electrons. The van der Waals surface area contributed by atoms with Crippen LogP contribution in [0, 0.1) is 6.92 Å². The lowest BCUT2D eigenvalue weighted by atomic mass is 10.0. The molecule has 0 fully saturated rings. The Morgan fingerprint density at radius 2 is 1.65 bits per heavy atom. The molecule has 4 heteroatoms. The summed E-state index contributed by atoms with van der Waals surface area (Å²) in [5.74, 6) is 2.19. The van der Waals surface area contributed by atoms with Crippen molar-refractivity contribution in [1.82, 2.24) is 0 Å².